The zero-order valence-corrected chi connectivity index (χ0v) is 16.7. The summed E-state index contributed by atoms with van der Waals surface area (Å²) in [7, 11) is 3.36. The number of pyridine rings is 1. The fraction of sp³-hybridized carbons (Fsp3) is 0.474. The lowest BCUT2D eigenvalue weighted by molar-refractivity contribution is 0.397. The monoisotopic (exact) mass is 356 g/mol. The summed E-state index contributed by atoms with van der Waals surface area (Å²) >= 11 is 0. The van der Waals surface area contributed by atoms with Gasteiger partial charge in [-0.05, 0) is 40.2 Å². The second-order valence-corrected chi connectivity index (χ2v) is 6.20. The molecular formula is C19H28N6O. The summed E-state index contributed by atoms with van der Waals surface area (Å²) in [4.78, 5) is 13.4. The molecule has 0 aromatic carbocycles. The maximum Gasteiger partial charge on any atom is 0.224 e. The van der Waals surface area contributed by atoms with Gasteiger partial charge in [0.05, 0.1) is 24.7 Å². The molecule has 1 N–H and O–H groups in total. The zero-order chi connectivity index (χ0) is 19.3. The number of nitrogens with one attached hydrogen (secondary N) is 1. The van der Waals surface area contributed by atoms with Crippen molar-refractivity contribution in [3.63, 3.8) is 0 Å². The van der Waals surface area contributed by atoms with E-state index < -0.39 is 0 Å². The van der Waals surface area contributed by atoms with E-state index in [-0.39, 0.29) is 6.04 Å². The molecule has 0 amide bonds. The van der Waals surface area contributed by atoms with E-state index in [2.05, 4.69) is 34.2 Å². The molecule has 1 atom stereocenters. The lowest BCUT2D eigenvalue weighted by Crippen LogP contribution is -2.35. The van der Waals surface area contributed by atoms with Crippen LogP contribution in [0.2, 0.25) is 0 Å². The Bertz CT molecular complexity index is 821. The van der Waals surface area contributed by atoms with Gasteiger partial charge in [-0.2, -0.15) is 5.10 Å². The maximum atomic E-state index is 5.20. The number of rotatable bonds is 4. The Kier molecular flexibility index (Phi) is 6.49. The van der Waals surface area contributed by atoms with Gasteiger partial charge in [0, 0.05) is 36.1 Å². The van der Waals surface area contributed by atoms with Gasteiger partial charge in [-0.3, -0.25) is 4.99 Å². The molecule has 2 aromatic heterocycles. The minimum absolute atomic E-state index is 0.180. The number of amidine groups is 1. The van der Waals surface area contributed by atoms with E-state index in [1.807, 2.05) is 39.1 Å². The van der Waals surface area contributed by atoms with Crippen LogP contribution in [0, 0.1) is 13.8 Å². The number of hydrogen-bond acceptors (Lipinski definition) is 5. The Hall–Kier alpha value is -2.70. The van der Waals surface area contributed by atoms with Gasteiger partial charge in [-0.15, -0.1) is 0 Å². The fourth-order valence-corrected chi connectivity index (χ4v) is 2.44. The van der Waals surface area contributed by atoms with Gasteiger partial charge in [0.1, 0.15) is 0 Å². The summed E-state index contributed by atoms with van der Waals surface area (Å²) in [6.07, 6.45) is 2.92. The summed E-state index contributed by atoms with van der Waals surface area (Å²) < 4.78 is 6.97. The average Bonchev–Trinajstić information content (AvgIpc) is 3.02. The van der Waals surface area contributed by atoms with Crippen LogP contribution in [0.5, 0.6) is 5.88 Å². The molecule has 0 unspecified atom stereocenters. The molecule has 2 heterocycles. The summed E-state index contributed by atoms with van der Waals surface area (Å²) in [5.41, 5.74) is 3.84. The molecular weight excluding hydrogens is 328 g/mol. The Morgan fingerprint density at radius 2 is 2.00 bits per heavy atom. The highest BCUT2D eigenvalue weighted by Gasteiger charge is 2.15. The van der Waals surface area contributed by atoms with Crippen LogP contribution in [0.4, 0.5) is 0 Å². The van der Waals surface area contributed by atoms with Gasteiger partial charge < -0.3 is 10.1 Å². The molecule has 2 aromatic rings. The average molecular weight is 356 g/mol. The van der Waals surface area contributed by atoms with Crippen molar-refractivity contribution in [3.05, 3.63) is 29.7 Å². The van der Waals surface area contributed by atoms with Crippen molar-refractivity contribution in [2.24, 2.45) is 9.98 Å². The molecule has 0 aliphatic heterocycles. The molecule has 0 saturated carbocycles. The Labute approximate surface area is 155 Å². The highest BCUT2D eigenvalue weighted by molar-refractivity contribution is 5.99. The van der Waals surface area contributed by atoms with Crippen LogP contribution in [0.1, 0.15) is 38.6 Å². The van der Waals surface area contributed by atoms with Gasteiger partial charge in [0.15, 0.2) is 0 Å². The van der Waals surface area contributed by atoms with E-state index in [4.69, 9.17) is 9.73 Å². The van der Waals surface area contributed by atoms with Crippen molar-refractivity contribution in [1.82, 2.24) is 20.1 Å². The first-order chi connectivity index (χ1) is 12.4. The smallest absolute Gasteiger partial charge is 0.224 e. The van der Waals surface area contributed by atoms with E-state index in [1.54, 1.807) is 18.8 Å². The molecule has 0 fully saturated rings. The summed E-state index contributed by atoms with van der Waals surface area (Å²) in [5, 5.41) is 7.89. The zero-order valence-electron chi connectivity index (χ0n) is 16.7. The van der Waals surface area contributed by atoms with Crippen LogP contribution in [0.15, 0.2) is 28.3 Å². The van der Waals surface area contributed by atoms with Gasteiger partial charge in [0.2, 0.25) is 11.8 Å². The number of aryl methyl sites for hydroxylation is 2. The highest BCUT2D eigenvalue weighted by atomic mass is 16.5. The predicted molar refractivity (Wildman–Crippen MR) is 106 cm³/mol. The maximum absolute atomic E-state index is 5.20. The topological polar surface area (TPSA) is 76.7 Å². The normalized spacial score (nSPS) is 13.7. The molecule has 0 spiro atoms. The van der Waals surface area contributed by atoms with Crippen LogP contribution in [0.3, 0.4) is 0 Å². The summed E-state index contributed by atoms with van der Waals surface area (Å²) in [6, 6.07) is 4.05. The predicted octanol–water partition coefficient (Wildman–Crippen LogP) is 3.21. The number of methoxy groups -OCH3 is 1. The Balaban J connectivity index is 2.47. The van der Waals surface area contributed by atoms with Crippen LogP contribution in [0.25, 0.3) is 11.1 Å². The third kappa shape index (κ3) is 4.47. The molecule has 0 aliphatic carbocycles. The van der Waals surface area contributed by atoms with Gasteiger partial charge in [-0.25, -0.2) is 14.7 Å². The molecule has 0 radical (unpaired) electrons. The molecule has 7 heteroatoms. The van der Waals surface area contributed by atoms with Gasteiger partial charge in [0.25, 0.3) is 0 Å². The minimum atomic E-state index is 0.180. The van der Waals surface area contributed by atoms with E-state index in [0.717, 1.165) is 34.8 Å². The summed E-state index contributed by atoms with van der Waals surface area (Å²) in [6.45, 7) is 10.0. The fourth-order valence-electron chi connectivity index (χ4n) is 2.44. The SMILES string of the molecule is CC[C@@H](C)N=C(NC(C)=NC)n1cc(-c2ccc(OC)nc2C)c(C)n1. The molecule has 0 bridgehead atoms. The quantitative estimate of drug-likeness (QED) is 0.674. The molecule has 26 heavy (non-hydrogen) atoms. The highest BCUT2D eigenvalue weighted by Crippen LogP contribution is 2.26. The third-order valence-electron chi connectivity index (χ3n) is 4.24. The first kappa shape index (κ1) is 19.6. The minimum Gasteiger partial charge on any atom is -0.481 e. The van der Waals surface area contributed by atoms with E-state index in [1.165, 1.54) is 0 Å². The Morgan fingerprint density at radius 3 is 2.58 bits per heavy atom. The molecule has 0 aliphatic rings. The van der Waals surface area contributed by atoms with Crippen molar-refractivity contribution in [2.75, 3.05) is 14.2 Å². The number of aromatic nitrogens is 3. The second-order valence-electron chi connectivity index (χ2n) is 6.20. The number of nitrogens with zero attached hydrogens (tertiary/aromatic N) is 5. The first-order valence-corrected chi connectivity index (χ1v) is 8.76. The number of ether oxygens (including phenoxy) is 1. The van der Waals surface area contributed by atoms with E-state index in [0.29, 0.717) is 11.8 Å². The van der Waals surface area contributed by atoms with Crippen LogP contribution >= 0.6 is 0 Å². The van der Waals surface area contributed by atoms with Crippen molar-refractivity contribution in [2.45, 2.75) is 47.1 Å². The van der Waals surface area contributed by atoms with E-state index >= 15 is 0 Å². The number of hydrogen-bond donors (Lipinski definition) is 1. The second kappa shape index (κ2) is 8.60. The lowest BCUT2D eigenvalue weighted by atomic mass is 10.1. The summed E-state index contributed by atoms with van der Waals surface area (Å²) in [5.74, 6) is 2.05. The van der Waals surface area contributed by atoms with E-state index in [9.17, 15) is 0 Å². The molecule has 7 nitrogen and oxygen atoms in total. The first-order valence-electron chi connectivity index (χ1n) is 8.76. The molecule has 2 rings (SSSR count). The van der Waals surface area contributed by atoms with Gasteiger partial charge >= 0.3 is 0 Å². The van der Waals surface area contributed by atoms with Crippen molar-refractivity contribution in [1.29, 1.82) is 0 Å². The largest absolute Gasteiger partial charge is 0.481 e. The Morgan fingerprint density at radius 1 is 1.27 bits per heavy atom. The van der Waals surface area contributed by atoms with Crippen LogP contribution < -0.4 is 10.1 Å². The van der Waals surface area contributed by atoms with Crippen molar-refractivity contribution in [3.8, 4) is 17.0 Å². The third-order valence-corrected chi connectivity index (χ3v) is 4.24. The number of aliphatic imine (C=N–C) groups is 2. The molecule has 0 saturated heterocycles. The lowest BCUT2D eigenvalue weighted by Gasteiger charge is -2.12. The van der Waals surface area contributed by atoms with Crippen molar-refractivity contribution < 1.29 is 4.74 Å². The standard InChI is InChI=1S/C19H28N6O/c1-8-12(2)21-19(23-15(5)20-6)25-11-17(14(4)24-25)16-9-10-18(26-7)22-13(16)3/h9-12H,8H2,1-7H3,(H,20,21,23)/t12-/m1/s1. The van der Waals surface area contributed by atoms with Crippen LogP contribution in [-0.4, -0.2) is 46.8 Å². The van der Waals surface area contributed by atoms with Crippen molar-refractivity contribution >= 4 is 11.8 Å². The van der Waals surface area contributed by atoms with Gasteiger partial charge in [-0.1, -0.05) is 6.92 Å². The molecule has 140 valence electrons. The van der Waals surface area contributed by atoms with Crippen LogP contribution in [-0.2, 0) is 0 Å².